The summed E-state index contributed by atoms with van der Waals surface area (Å²) in [6, 6.07) is 8.56. The molecule has 5 heteroatoms. The van der Waals surface area contributed by atoms with Gasteiger partial charge in [0.1, 0.15) is 12.6 Å². The van der Waals surface area contributed by atoms with Crippen LogP contribution in [0.25, 0.3) is 0 Å². The summed E-state index contributed by atoms with van der Waals surface area (Å²) < 4.78 is 10.0. The van der Waals surface area contributed by atoms with Crippen LogP contribution in [0, 0.1) is 0 Å². The molecule has 1 aromatic rings. The molecule has 1 amide bonds. The van der Waals surface area contributed by atoms with Crippen molar-refractivity contribution in [2.24, 2.45) is 0 Å². The molecular weight excluding hydrogens is 294 g/mol. The fourth-order valence-electron chi connectivity index (χ4n) is 1.80. The van der Waals surface area contributed by atoms with Gasteiger partial charge >= 0.3 is 12.1 Å². The predicted octanol–water partition coefficient (Wildman–Crippen LogP) is 3.94. The lowest BCUT2D eigenvalue weighted by Gasteiger charge is -2.12. The molecular formula is C18H25NO4. The molecule has 0 saturated heterocycles. The molecule has 0 aromatic heterocycles. The minimum absolute atomic E-state index is 0.159. The molecule has 126 valence electrons. The maximum absolute atomic E-state index is 11.7. The number of amides is 1. The van der Waals surface area contributed by atoms with Gasteiger partial charge in [-0.25, -0.2) is 9.59 Å². The first-order valence-corrected chi connectivity index (χ1v) is 7.96. The number of alkyl carbamates (subject to hydrolysis) is 1. The highest BCUT2D eigenvalue weighted by molar-refractivity contribution is 5.81. The Labute approximate surface area is 137 Å². The van der Waals surface area contributed by atoms with Gasteiger partial charge in [-0.1, -0.05) is 50.1 Å². The summed E-state index contributed by atoms with van der Waals surface area (Å²) in [7, 11) is 0. The smallest absolute Gasteiger partial charge is 0.408 e. The Balaban J connectivity index is 2.21. The van der Waals surface area contributed by atoms with Gasteiger partial charge in [-0.05, 0) is 31.4 Å². The molecule has 1 rings (SSSR count). The third-order valence-corrected chi connectivity index (χ3v) is 3.16. The van der Waals surface area contributed by atoms with E-state index in [0.717, 1.165) is 31.2 Å². The van der Waals surface area contributed by atoms with E-state index in [1.54, 1.807) is 6.92 Å². The topological polar surface area (TPSA) is 64.6 Å². The Bertz CT molecular complexity index is 499. The van der Waals surface area contributed by atoms with E-state index in [9.17, 15) is 9.59 Å². The number of hydrogen-bond acceptors (Lipinski definition) is 4. The number of allylic oxidation sites excluding steroid dienone is 1. The lowest BCUT2D eigenvalue weighted by molar-refractivity contribution is -0.139. The second kappa shape index (κ2) is 11.3. The Hall–Kier alpha value is -2.30. The number of nitrogens with one attached hydrogen (secondary N) is 1. The zero-order chi connectivity index (χ0) is 16.9. The predicted molar refractivity (Wildman–Crippen MR) is 88.6 cm³/mol. The minimum atomic E-state index is -0.765. The number of esters is 1. The molecule has 0 unspecified atom stereocenters. The van der Waals surface area contributed by atoms with Gasteiger partial charge in [0.15, 0.2) is 0 Å². The molecule has 0 radical (unpaired) electrons. The van der Waals surface area contributed by atoms with Crippen molar-refractivity contribution in [1.82, 2.24) is 5.32 Å². The van der Waals surface area contributed by atoms with Crippen LogP contribution in [0.4, 0.5) is 4.79 Å². The summed E-state index contributed by atoms with van der Waals surface area (Å²) in [6.45, 7) is 3.84. The molecule has 0 aliphatic heterocycles. The van der Waals surface area contributed by atoms with E-state index in [0.29, 0.717) is 0 Å². The molecule has 0 bridgehead atoms. The first-order chi connectivity index (χ1) is 11.1. The summed E-state index contributed by atoms with van der Waals surface area (Å²) in [5.41, 5.74) is 0.882. The number of benzene rings is 1. The molecule has 1 N–H and O–H groups in total. The molecule has 0 aliphatic rings. The first-order valence-electron chi connectivity index (χ1n) is 7.96. The van der Waals surface area contributed by atoms with Crippen LogP contribution in [0.5, 0.6) is 0 Å². The third kappa shape index (κ3) is 8.66. The second-order valence-corrected chi connectivity index (χ2v) is 5.23. The van der Waals surface area contributed by atoms with E-state index in [1.165, 1.54) is 6.26 Å². The normalized spacial score (nSPS) is 11.9. The molecule has 0 aliphatic carbocycles. The largest absolute Gasteiger partial charge is 0.445 e. The van der Waals surface area contributed by atoms with Gasteiger partial charge < -0.3 is 14.8 Å². The number of ether oxygens (including phenoxy) is 2. The highest BCUT2D eigenvalue weighted by Crippen LogP contribution is 2.02. The van der Waals surface area contributed by atoms with Crippen molar-refractivity contribution < 1.29 is 19.1 Å². The number of carbonyl (C=O) groups excluding carboxylic acids is 2. The zero-order valence-corrected chi connectivity index (χ0v) is 13.8. The van der Waals surface area contributed by atoms with Crippen LogP contribution in [0.3, 0.4) is 0 Å². The second-order valence-electron chi connectivity index (χ2n) is 5.23. The van der Waals surface area contributed by atoms with Crippen LogP contribution >= 0.6 is 0 Å². The van der Waals surface area contributed by atoms with Gasteiger partial charge in [0, 0.05) is 0 Å². The van der Waals surface area contributed by atoms with Crippen LogP contribution in [-0.2, 0) is 20.9 Å². The van der Waals surface area contributed by atoms with Crippen LogP contribution < -0.4 is 5.32 Å². The summed E-state index contributed by atoms with van der Waals surface area (Å²) in [5.74, 6) is -0.520. The minimum Gasteiger partial charge on any atom is -0.445 e. The van der Waals surface area contributed by atoms with Crippen molar-refractivity contribution in [1.29, 1.82) is 0 Å². The standard InChI is InChI=1S/C18H25NO4/c1-3-4-5-6-10-13-22-17(20)15(2)19-18(21)23-14-16-11-8-7-9-12-16/h7-13,15H,3-6,14H2,1-2H3,(H,19,21)/b13-10-/t15-/m0/s1. The number of rotatable bonds is 9. The molecule has 23 heavy (non-hydrogen) atoms. The van der Waals surface area contributed by atoms with Gasteiger partial charge in [-0.2, -0.15) is 0 Å². The van der Waals surface area contributed by atoms with E-state index in [-0.39, 0.29) is 6.61 Å². The summed E-state index contributed by atoms with van der Waals surface area (Å²) in [4.78, 5) is 23.3. The number of unbranched alkanes of at least 4 members (excludes halogenated alkanes) is 3. The monoisotopic (exact) mass is 319 g/mol. The van der Waals surface area contributed by atoms with Crippen molar-refractivity contribution in [3.8, 4) is 0 Å². The maximum atomic E-state index is 11.7. The molecule has 5 nitrogen and oxygen atoms in total. The van der Waals surface area contributed by atoms with Crippen molar-refractivity contribution >= 4 is 12.1 Å². The third-order valence-electron chi connectivity index (χ3n) is 3.16. The quantitative estimate of drug-likeness (QED) is 0.425. The summed E-state index contributed by atoms with van der Waals surface area (Å²) >= 11 is 0. The van der Waals surface area contributed by atoms with Crippen LogP contribution in [0.2, 0.25) is 0 Å². The molecule has 0 heterocycles. The maximum Gasteiger partial charge on any atom is 0.408 e. The number of carbonyl (C=O) groups is 2. The van der Waals surface area contributed by atoms with E-state index < -0.39 is 18.1 Å². The highest BCUT2D eigenvalue weighted by atomic mass is 16.6. The Morgan fingerprint density at radius 2 is 1.96 bits per heavy atom. The lowest BCUT2D eigenvalue weighted by atomic mass is 10.2. The average Bonchev–Trinajstić information content (AvgIpc) is 2.56. The van der Waals surface area contributed by atoms with Crippen molar-refractivity contribution in [3.63, 3.8) is 0 Å². The van der Waals surface area contributed by atoms with Gasteiger partial charge in [0.25, 0.3) is 0 Å². The van der Waals surface area contributed by atoms with Crippen LogP contribution in [0.15, 0.2) is 42.7 Å². The molecule has 1 atom stereocenters. The van der Waals surface area contributed by atoms with Gasteiger partial charge in [0.05, 0.1) is 6.26 Å². The van der Waals surface area contributed by atoms with Gasteiger partial charge in [-0.3, -0.25) is 0 Å². The van der Waals surface area contributed by atoms with Crippen molar-refractivity contribution in [2.75, 3.05) is 0 Å². The van der Waals surface area contributed by atoms with Crippen molar-refractivity contribution in [3.05, 3.63) is 48.2 Å². The zero-order valence-electron chi connectivity index (χ0n) is 13.8. The molecule has 1 aromatic carbocycles. The Kier molecular flexibility index (Phi) is 9.20. The van der Waals surface area contributed by atoms with Gasteiger partial charge in [0.2, 0.25) is 0 Å². The van der Waals surface area contributed by atoms with Gasteiger partial charge in [-0.15, -0.1) is 0 Å². The number of hydrogen-bond donors (Lipinski definition) is 1. The first kappa shape index (κ1) is 18.7. The van der Waals surface area contributed by atoms with E-state index in [4.69, 9.17) is 9.47 Å². The molecule has 0 spiro atoms. The molecule has 0 fully saturated rings. The summed E-state index contributed by atoms with van der Waals surface area (Å²) in [6.07, 6.45) is 6.81. The van der Waals surface area contributed by atoms with E-state index in [2.05, 4.69) is 12.2 Å². The fraction of sp³-hybridized carbons (Fsp3) is 0.444. The van der Waals surface area contributed by atoms with Crippen LogP contribution in [0.1, 0.15) is 45.1 Å². The van der Waals surface area contributed by atoms with Crippen LogP contribution in [-0.4, -0.2) is 18.1 Å². The lowest BCUT2D eigenvalue weighted by Crippen LogP contribution is -2.39. The molecule has 0 saturated carbocycles. The fourth-order valence-corrected chi connectivity index (χ4v) is 1.80. The van der Waals surface area contributed by atoms with E-state index in [1.807, 2.05) is 36.4 Å². The SMILES string of the molecule is CCCCC/C=C\OC(=O)[C@H](C)NC(=O)OCc1ccccc1. The van der Waals surface area contributed by atoms with Crippen molar-refractivity contribution in [2.45, 2.75) is 52.2 Å². The Morgan fingerprint density at radius 1 is 1.22 bits per heavy atom. The Morgan fingerprint density at radius 3 is 2.65 bits per heavy atom. The van der Waals surface area contributed by atoms with E-state index >= 15 is 0 Å². The average molecular weight is 319 g/mol. The highest BCUT2D eigenvalue weighted by Gasteiger charge is 2.17. The summed E-state index contributed by atoms with van der Waals surface area (Å²) in [5, 5.41) is 2.44.